The first-order chi connectivity index (χ1) is 10.9. The predicted molar refractivity (Wildman–Crippen MR) is 79.4 cm³/mol. The highest BCUT2D eigenvalue weighted by molar-refractivity contribution is 5.75. The van der Waals surface area contributed by atoms with Crippen LogP contribution in [-0.4, -0.2) is 32.5 Å². The number of nitrogens with two attached hydrogens (primary N) is 1. The summed E-state index contributed by atoms with van der Waals surface area (Å²) in [6.07, 6.45) is 0. The van der Waals surface area contributed by atoms with E-state index in [4.69, 9.17) is 10.8 Å². The number of carbonyl (C=O) groups is 1. The van der Waals surface area contributed by atoms with Gasteiger partial charge in [0.2, 0.25) is 5.95 Å². The molecule has 1 aromatic carbocycles. The van der Waals surface area contributed by atoms with E-state index < -0.39 is 17.4 Å². The summed E-state index contributed by atoms with van der Waals surface area (Å²) in [5, 5.41) is 31.0. The van der Waals surface area contributed by atoms with E-state index in [0.717, 1.165) is 0 Å². The second-order valence-electron chi connectivity index (χ2n) is 4.32. The Morgan fingerprint density at radius 1 is 1.39 bits per heavy atom. The molecule has 0 saturated heterocycles. The molecule has 10 nitrogen and oxygen atoms in total. The van der Waals surface area contributed by atoms with Gasteiger partial charge in [0.1, 0.15) is 24.0 Å². The number of nitrogens with zero attached hydrogens (tertiary/aromatic N) is 4. The fourth-order valence-electron chi connectivity index (χ4n) is 1.77. The van der Waals surface area contributed by atoms with Gasteiger partial charge in [-0.2, -0.15) is 10.2 Å². The molecule has 116 valence electrons. The van der Waals surface area contributed by atoms with Gasteiger partial charge < -0.3 is 16.2 Å². The van der Waals surface area contributed by atoms with Crippen molar-refractivity contribution in [3.8, 4) is 17.3 Å². The van der Waals surface area contributed by atoms with Crippen LogP contribution in [0.2, 0.25) is 0 Å². The first-order valence-electron chi connectivity index (χ1n) is 6.20. The van der Waals surface area contributed by atoms with Gasteiger partial charge in [-0.25, -0.2) is 4.98 Å². The van der Waals surface area contributed by atoms with Crippen molar-refractivity contribution in [2.45, 2.75) is 0 Å². The average Bonchev–Trinajstić information content (AvgIpc) is 2.52. The summed E-state index contributed by atoms with van der Waals surface area (Å²) in [5.41, 5.74) is 6.14. The van der Waals surface area contributed by atoms with Crippen LogP contribution in [0, 0.1) is 21.4 Å². The van der Waals surface area contributed by atoms with Gasteiger partial charge in [-0.1, -0.05) is 0 Å². The van der Waals surface area contributed by atoms with Gasteiger partial charge in [0, 0.05) is 17.7 Å². The van der Waals surface area contributed by atoms with Crippen LogP contribution in [0.4, 0.5) is 17.5 Å². The van der Waals surface area contributed by atoms with Gasteiger partial charge >= 0.3 is 5.97 Å². The summed E-state index contributed by atoms with van der Waals surface area (Å²) in [5.74, 6) is -1.30. The standard InChI is InChI=1S/C13H10N6O4/c14-5-9-11(7-1-3-8(4-2-7)19(22)23)17-13(18-12(9)15)16-6-10(20)21/h1-4H,6H2,(H,20,21)(H3,15,16,17,18). The minimum atomic E-state index is -1.12. The maximum atomic E-state index is 10.7. The van der Waals surface area contributed by atoms with E-state index in [-0.39, 0.29) is 28.7 Å². The highest BCUT2D eigenvalue weighted by Crippen LogP contribution is 2.27. The highest BCUT2D eigenvalue weighted by Gasteiger charge is 2.15. The van der Waals surface area contributed by atoms with Gasteiger partial charge in [0.15, 0.2) is 0 Å². The van der Waals surface area contributed by atoms with E-state index in [0.29, 0.717) is 5.56 Å². The fourth-order valence-corrected chi connectivity index (χ4v) is 1.77. The molecule has 2 aromatic rings. The number of nitrogen functional groups attached to an aromatic ring is 1. The van der Waals surface area contributed by atoms with Crippen molar-refractivity contribution < 1.29 is 14.8 Å². The van der Waals surface area contributed by atoms with E-state index in [1.165, 1.54) is 24.3 Å². The lowest BCUT2D eigenvalue weighted by Crippen LogP contribution is -2.15. The van der Waals surface area contributed by atoms with Crippen LogP contribution >= 0.6 is 0 Å². The number of carboxylic acids is 1. The van der Waals surface area contributed by atoms with Crippen molar-refractivity contribution in [2.75, 3.05) is 17.6 Å². The van der Waals surface area contributed by atoms with Crippen molar-refractivity contribution >= 4 is 23.4 Å². The lowest BCUT2D eigenvalue weighted by molar-refractivity contribution is -0.384. The number of nitro benzene ring substituents is 1. The van der Waals surface area contributed by atoms with Crippen molar-refractivity contribution in [1.29, 1.82) is 5.26 Å². The third kappa shape index (κ3) is 3.48. The van der Waals surface area contributed by atoms with Gasteiger partial charge in [-0.3, -0.25) is 14.9 Å². The second kappa shape index (κ2) is 6.35. The quantitative estimate of drug-likeness (QED) is 0.538. The van der Waals surface area contributed by atoms with Crippen LogP contribution in [0.5, 0.6) is 0 Å². The Kier molecular flexibility index (Phi) is 4.32. The van der Waals surface area contributed by atoms with Crippen LogP contribution in [0.25, 0.3) is 11.3 Å². The zero-order valence-corrected chi connectivity index (χ0v) is 11.6. The zero-order valence-electron chi connectivity index (χ0n) is 11.6. The third-order valence-corrected chi connectivity index (χ3v) is 2.80. The Morgan fingerprint density at radius 3 is 2.57 bits per heavy atom. The predicted octanol–water partition coefficient (Wildman–Crippen LogP) is 1.00. The number of hydrogen-bond acceptors (Lipinski definition) is 8. The lowest BCUT2D eigenvalue weighted by atomic mass is 10.1. The van der Waals surface area contributed by atoms with Crippen LogP contribution in [0.3, 0.4) is 0 Å². The van der Waals surface area contributed by atoms with Crippen molar-refractivity contribution in [3.05, 3.63) is 39.9 Å². The smallest absolute Gasteiger partial charge is 0.322 e. The fraction of sp³-hybridized carbons (Fsp3) is 0.0769. The molecule has 0 saturated carbocycles. The number of nitriles is 1. The molecule has 0 aliphatic heterocycles. The molecule has 0 fully saturated rings. The topological polar surface area (TPSA) is 168 Å². The second-order valence-corrected chi connectivity index (χ2v) is 4.32. The molecule has 0 atom stereocenters. The van der Waals surface area contributed by atoms with Crippen molar-refractivity contribution in [1.82, 2.24) is 9.97 Å². The lowest BCUT2D eigenvalue weighted by Gasteiger charge is -2.09. The maximum absolute atomic E-state index is 10.7. The average molecular weight is 314 g/mol. The Bertz CT molecular complexity index is 812. The molecule has 0 radical (unpaired) electrons. The molecule has 2 rings (SSSR count). The third-order valence-electron chi connectivity index (χ3n) is 2.80. The van der Waals surface area contributed by atoms with E-state index in [9.17, 15) is 20.2 Å². The van der Waals surface area contributed by atoms with Crippen LogP contribution in [0.1, 0.15) is 5.56 Å². The number of carboxylic acid groups (broad SMARTS) is 1. The van der Waals surface area contributed by atoms with Gasteiger partial charge in [0.25, 0.3) is 5.69 Å². The summed E-state index contributed by atoms with van der Waals surface area (Å²) in [6, 6.07) is 7.23. The van der Waals surface area contributed by atoms with Gasteiger partial charge in [-0.15, -0.1) is 0 Å². The summed E-state index contributed by atoms with van der Waals surface area (Å²) in [7, 11) is 0. The maximum Gasteiger partial charge on any atom is 0.322 e. The normalized spacial score (nSPS) is 9.87. The van der Waals surface area contributed by atoms with Crippen LogP contribution in [0.15, 0.2) is 24.3 Å². The molecular formula is C13H10N6O4. The molecule has 0 spiro atoms. The molecule has 4 N–H and O–H groups in total. The minimum absolute atomic E-state index is 0.000252. The molecule has 0 unspecified atom stereocenters. The van der Waals surface area contributed by atoms with Crippen LogP contribution < -0.4 is 11.1 Å². The molecule has 0 bridgehead atoms. The number of aliphatic carboxylic acids is 1. The van der Waals surface area contributed by atoms with Crippen molar-refractivity contribution in [2.24, 2.45) is 0 Å². The van der Waals surface area contributed by atoms with E-state index >= 15 is 0 Å². The summed E-state index contributed by atoms with van der Waals surface area (Å²) < 4.78 is 0. The molecule has 0 amide bonds. The molecule has 1 aromatic heterocycles. The SMILES string of the molecule is N#Cc1c(N)nc(NCC(=O)O)nc1-c1ccc([N+](=O)[O-])cc1. The molecule has 10 heteroatoms. The minimum Gasteiger partial charge on any atom is -0.480 e. The molecule has 0 aliphatic rings. The summed E-state index contributed by atoms with van der Waals surface area (Å²) in [6.45, 7) is -0.426. The Labute approximate surface area is 129 Å². The Morgan fingerprint density at radius 2 is 2.04 bits per heavy atom. The van der Waals surface area contributed by atoms with Crippen LogP contribution in [-0.2, 0) is 4.79 Å². The summed E-state index contributed by atoms with van der Waals surface area (Å²) >= 11 is 0. The van der Waals surface area contributed by atoms with E-state index in [2.05, 4.69) is 15.3 Å². The highest BCUT2D eigenvalue weighted by atomic mass is 16.6. The number of rotatable bonds is 5. The monoisotopic (exact) mass is 314 g/mol. The van der Waals surface area contributed by atoms with Gasteiger partial charge in [0.05, 0.1) is 10.6 Å². The molecule has 1 heterocycles. The molecule has 23 heavy (non-hydrogen) atoms. The number of benzene rings is 1. The Balaban J connectivity index is 2.48. The first-order valence-corrected chi connectivity index (χ1v) is 6.20. The molecule has 0 aliphatic carbocycles. The number of anilines is 2. The number of aromatic nitrogens is 2. The number of hydrogen-bond donors (Lipinski definition) is 3. The number of nitrogens with one attached hydrogen (secondary N) is 1. The largest absolute Gasteiger partial charge is 0.480 e. The first kappa shape index (κ1) is 15.6. The number of nitro groups is 1. The van der Waals surface area contributed by atoms with Crippen molar-refractivity contribution in [3.63, 3.8) is 0 Å². The Hall–Kier alpha value is -3.74. The zero-order chi connectivity index (χ0) is 17.0. The number of non-ortho nitro benzene ring substituents is 1. The van der Waals surface area contributed by atoms with Gasteiger partial charge in [-0.05, 0) is 12.1 Å². The van der Waals surface area contributed by atoms with E-state index in [1.54, 1.807) is 0 Å². The van der Waals surface area contributed by atoms with E-state index in [1.807, 2.05) is 6.07 Å². The molecular weight excluding hydrogens is 304 g/mol. The summed E-state index contributed by atoms with van der Waals surface area (Å²) in [4.78, 5) is 28.6.